The molecule has 2 rings (SSSR count). The van der Waals surface area contributed by atoms with Crippen LogP contribution in [0.25, 0.3) is 0 Å². The van der Waals surface area contributed by atoms with Gasteiger partial charge < -0.3 is 5.32 Å². The highest BCUT2D eigenvalue weighted by Gasteiger charge is 2.26. The molecule has 2 nitrogen and oxygen atoms in total. The predicted molar refractivity (Wildman–Crippen MR) is 76.5 cm³/mol. The van der Waals surface area contributed by atoms with Crippen LogP contribution in [-0.2, 0) is 0 Å². The molecule has 2 atom stereocenters. The molecule has 98 valence electrons. The third-order valence-corrected chi connectivity index (χ3v) is 4.82. The van der Waals surface area contributed by atoms with Gasteiger partial charge >= 0.3 is 0 Å². The average Bonchev–Trinajstić information content (AvgIpc) is 2.76. The van der Waals surface area contributed by atoms with Crippen molar-refractivity contribution in [2.24, 2.45) is 0 Å². The summed E-state index contributed by atoms with van der Waals surface area (Å²) in [5, 5.41) is 3.53. The zero-order valence-electron chi connectivity index (χ0n) is 10.1. The summed E-state index contributed by atoms with van der Waals surface area (Å²) in [6.45, 7) is 0. The molecule has 1 amide bonds. The molecule has 0 aliphatic heterocycles. The topological polar surface area (TPSA) is 29.1 Å². The molecule has 1 saturated carbocycles. The second-order valence-corrected chi connectivity index (χ2v) is 6.52. The Kier molecular flexibility index (Phi) is 4.67. The van der Waals surface area contributed by atoms with E-state index in [0.717, 1.165) is 19.3 Å². The largest absolute Gasteiger partial charge is 0.349 e. The van der Waals surface area contributed by atoms with Gasteiger partial charge in [-0.3, -0.25) is 4.79 Å². The summed E-state index contributed by atoms with van der Waals surface area (Å²) in [4.78, 5) is 12.0. The van der Waals surface area contributed by atoms with E-state index in [4.69, 9.17) is 0 Å². The van der Waals surface area contributed by atoms with Crippen molar-refractivity contribution >= 4 is 33.6 Å². The molecule has 0 heterocycles. The summed E-state index contributed by atoms with van der Waals surface area (Å²) in [5.74, 6) is -0.798. The van der Waals surface area contributed by atoms with Crippen LogP contribution in [0.2, 0.25) is 0 Å². The predicted octanol–water partition coefficient (Wildman–Crippen LogP) is 3.60. The minimum Gasteiger partial charge on any atom is -0.349 e. The second-order valence-electron chi connectivity index (χ2n) is 4.47. The van der Waals surface area contributed by atoms with Gasteiger partial charge in [-0.1, -0.05) is 15.9 Å². The quantitative estimate of drug-likeness (QED) is 0.916. The smallest absolute Gasteiger partial charge is 0.254 e. The molecule has 2 unspecified atom stereocenters. The highest BCUT2D eigenvalue weighted by atomic mass is 79.9. The third kappa shape index (κ3) is 3.26. The van der Waals surface area contributed by atoms with Crippen molar-refractivity contribution in [3.8, 4) is 0 Å². The monoisotopic (exact) mass is 331 g/mol. The number of rotatable bonds is 3. The molecule has 0 aromatic heterocycles. The van der Waals surface area contributed by atoms with E-state index in [2.05, 4.69) is 27.5 Å². The van der Waals surface area contributed by atoms with Gasteiger partial charge in [0.2, 0.25) is 0 Å². The standard InChI is InChI=1S/C13H15BrFNOS/c1-18-10-4-3-9(7-10)16-13(17)11-5-2-8(14)6-12(11)15/h2,5-6,9-10H,3-4,7H2,1H3,(H,16,17). The molecule has 1 aliphatic rings. The van der Waals surface area contributed by atoms with Crippen LogP contribution in [0.4, 0.5) is 4.39 Å². The van der Waals surface area contributed by atoms with Gasteiger partial charge in [-0.2, -0.15) is 11.8 Å². The Hall–Kier alpha value is -0.550. The lowest BCUT2D eigenvalue weighted by atomic mass is 10.1. The molecule has 0 saturated heterocycles. The summed E-state index contributed by atoms with van der Waals surface area (Å²) >= 11 is 5.01. The zero-order valence-corrected chi connectivity index (χ0v) is 12.5. The van der Waals surface area contributed by atoms with Crippen molar-refractivity contribution < 1.29 is 9.18 Å². The number of thioether (sulfide) groups is 1. The van der Waals surface area contributed by atoms with Crippen LogP contribution >= 0.6 is 27.7 Å². The number of nitrogens with one attached hydrogen (secondary N) is 1. The molecule has 5 heteroatoms. The molecule has 18 heavy (non-hydrogen) atoms. The van der Waals surface area contributed by atoms with Gasteiger partial charge in [-0.15, -0.1) is 0 Å². The Balaban J connectivity index is 2.00. The lowest BCUT2D eigenvalue weighted by Gasteiger charge is -2.13. The SMILES string of the molecule is CSC1CCC(NC(=O)c2ccc(Br)cc2F)C1. The minimum atomic E-state index is -0.485. The molecule has 1 aromatic carbocycles. The Morgan fingerprint density at radius 2 is 2.28 bits per heavy atom. The van der Waals surface area contributed by atoms with Crippen LogP contribution < -0.4 is 5.32 Å². The molecule has 1 aromatic rings. The molecule has 1 N–H and O–H groups in total. The maximum atomic E-state index is 13.6. The normalized spacial score (nSPS) is 23.1. The molecule has 1 aliphatic carbocycles. The summed E-state index contributed by atoms with van der Waals surface area (Å²) < 4.78 is 14.3. The van der Waals surface area contributed by atoms with Crippen molar-refractivity contribution in [1.82, 2.24) is 5.32 Å². The summed E-state index contributed by atoms with van der Waals surface area (Å²) in [7, 11) is 0. The number of hydrogen-bond acceptors (Lipinski definition) is 2. The first-order valence-corrected chi connectivity index (χ1v) is 7.97. The maximum absolute atomic E-state index is 13.6. The van der Waals surface area contributed by atoms with Crippen molar-refractivity contribution in [2.75, 3.05) is 6.26 Å². The van der Waals surface area contributed by atoms with Crippen LogP contribution in [0.5, 0.6) is 0 Å². The van der Waals surface area contributed by atoms with Crippen LogP contribution in [0.1, 0.15) is 29.6 Å². The number of hydrogen-bond donors (Lipinski definition) is 1. The van der Waals surface area contributed by atoms with E-state index >= 15 is 0 Å². The van der Waals surface area contributed by atoms with Gasteiger partial charge in [0.05, 0.1) is 5.56 Å². The fraction of sp³-hybridized carbons (Fsp3) is 0.462. The van der Waals surface area contributed by atoms with Crippen molar-refractivity contribution in [2.45, 2.75) is 30.6 Å². The molecule has 0 bridgehead atoms. The highest BCUT2D eigenvalue weighted by Crippen LogP contribution is 2.28. The Labute approximate surface area is 119 Å². The molecule has 1 fully saturated rings. The van der Waals surface area contributed by atoms with Crippen LogP contribution in [-0.4, -0.2) is 23.5 Å². The van der Waals surface area contributed by atoms with Gasteiger partial charge in [-0.05, 0) is 43.7 Å². The van der Waals surface area contributed by atoms with Crippen LogP contribution in [0.3, 0.4) is 0 Å². The first-order chi connectivity index (χ1) is 8.60. The second kappa shape index (κ2) is 6.06. The van der Waals surface area contributed by atoms with E-state index in [1.165, 1.54) is 12.1 Å². The van der Waals surface area contributed by atoms with Gasteiger partial charge in [0.25, 0.3) is 5.91 Å². The van der Waals surface area contributed by atoms with Crippen LogP contribution in [0.15, 0.2) is 22.7 Å². The number of carbonyl (C=O) groups excluding carboxylic acids is 1. The van der Waals surface area contributed by atoms with E-state index in [9.17, 15) is 9.18 Å². The number of amides is 1. The summed E-state index contributed by atoms with van der Waals surface area (Å²) in [6, 6.07) is 4.68. The molecule has 0 spiro atoms. The van der Waals surface area contributed by atoms with Gasteiger partial charge in [-0.25, -0.2) is 4.39 Å². The van der Waals surface area contributed by atoms with E-state index in [1.54, 1.807) is 6.07 Å². The highest BCUT2D eigenvalue weighted by molar-refractivity contribution is 9.10. The van der Waals surface area contributed by atoms with Crippen molar-refractivity contribution in [3.63, 3.8) is 0 Å². The lowest BCUT2D eigenvalue weighted by molar-refractivity contribution is 0.0934. The number of halogens is 2. The minimum absolute atomic E-state index is 0.116. The van der Waals surface area contributed by atoms with E-state index < -0.39 is 5.82 Å². The van der Waals surface area contributed by atoms with Gasteiger partial charge in [0.15, 0.2) is 0 Å². The lowest BCUT2D eigenvalue weighted by Crippen LogP contribution is -2.33. The molecular weight excluding hydrogens is 317 g/mol. The van der Waals surface area contributed by atoms with Gasteiger partial charge in [0.1, 0.15) is 5.82 Å². The summed E-state index contributed by atoms with van der Waals surface area (Å²) in [5.41, 5.74) is 0.116. The Bertz CT molecular complexity index is 455. The van der Waals surface area contributed by atoms with E-state index in [-0.39, 0.29) is 17.5 Å². The van der Waals surface area contributed by atoms with Gasteiger partial charge in [0, 0.05) is 15.8 Å². The van der Waals surface area contributed by atoms with Crippen molar-refractivity contribution in [1.29, 1.82) is 0 Å². The first kappa shape index (κ1) is 13.9. The summed E-state index contributed by atoms with van der Waals surface area (Å²) in [6.07, 6.45) is 5.17. The number of carbonyl (C=O) groups is 1. The van der Waals surface area contributed by atoms with Crippen molar-refractivity contribution in [3.05, 3.63) is 34.1 Å². The van der Waals surface area contributed by atoms with E-state index in [1.807, 2.05) is 11.8 Å². The number of benzene rings is 1. The molecular formula is C13H15BrFNOS. The van der Waals surface area contributed by atoms with E-state index in [0.29, 0.717) is 9.72 Å². The zero-order chi connectivity index (χ0) is 13.1. The van der Waals surface area contributed by atoms with Crippen LogP contribution in [0, 0.1) is 5.82 Å². The first-order valence-electron chi connectivity index (χ1n) is 5.89. The fourth-order valence-electron chi connectivity index (χ4n) is 2.22. The Morgan fingerprint density at radius 1 is 1.50 bits per heavy atom. The fourth-order valence-corrected chi connectivity index (χ4v) is 3.35. The average molecular weight is 332 g/mol. The molecule has 0 radical (unpaired) electrons. The maximum Gasteiger partial charge on any atom is 0.254 e. The Morgan fingerprint density at radius 3 is 2.89 bits per heavy atom. The third-order valence-electron chi connectivity index (χ3n) is 3.23.